The van der Waals surface area contributed by atoms with Gasteiger partial charge < -0.3 is 5.11 Å². The minimum absolute atomic E-state index is 0.0495. The number of hydrogen-bond donors (Lipinski definition) is 2. The summed E-state index contributed by atoms with van der Waals surface area (Å²) >= 11 is 0. The number of hydrogen-bond acceptors (Lipinski definition) is 3. The zero-order chi connectivity index (χ0) is 15.6. The number of alkyl halides is 6. The monoisotopic (exact) mass is 300 g/mol. The van der Waals surface area contributed by atoms with Crippen molar-refractivity contribution in [1.29, 1.82) is 0 Å². The minimum Gasteiger partial charge on any atom is -0.477 e. The van der Waals surface area contributed by atoms with Crippen LogP contribution in [0.3, 0.4) is 0 Å². The van der Waals surface area contributed by atoms with Gasteiger partial charge in [0.05, 0.1) is 16.8 Å². The highest BCUT2D eigenvalue weighted by molar-refractivity contribution is 6.22. The van der Waals surface area contributed by atoms with Crippen molar-refractivity contribution in [2.75, 3.05) is 5.43 Å². The number of nitrogens with zero attached hydrogens (tertiary/aromatic N) is 1. The second kappa shape index (κ2) is 5.39. The van der Waals surface area contributed by atoms with Crippen molar-refractivity contribution in [3.8, 4) is 0 Å². The first kappa shape index (κ1) is 15.8. The van der Waals surface area contributed by atoms with E-state index < -0.39 is 35.1 Å². The average molecular weight is 300 g/mol. The Morgan fingerprint density at radius 2 is 1.50 bits per heavy atom. The molecule has 0 aliphatic heterocycles. The van der Waals surface area contributed by atoms with E-state index in [4.69, 9.17) is 5.11 Å². The van der Waals surface area contributed by atoms with Crippen molar-refractivity contribution < 1.29 is 36.2 Å². The molecule has 1 aromatic carbocycles. The van der Waals surface area contributed by atoms with Crippen LogP contribution in [0.25, 0.3) is 0 Å². The van der Waals surface area contributed by atoms with Gasteiger partial charge in [-0.3, -0.25) is 5.43 Å². The van der Waals surface area contributed by atoms with Gasteiger partial charge in [0.2, 0.25) is 0 Å². The SMILES string of the molecule is O=C(O)/C=N/Nc1cc(C(F)(F)F)cc(C(F)(F)F)c1. The maximum atomic E-state index is 12.5. The predicted molar refractivity (Wildman–Crippen MR) is 56.2 cm³/mol. The van der Waals surface area contributed by atoms with Crippen molar-refractivity contribution in [1.82, 2.24) is 0 Å². The molecule has 0 heterocycles. The highest BCUT2D eigenvalue weighted by Crippen LogP contribution is 2.37. The van der Waals surface area contributed by atoms with Gasteiger partial charge in [-0.1, -0.05) is 0 Å². The lowest BCUT2D eigenvalue weighted by Gasteiger charge is -2.13. The molecular formula is C10H6F6N2O2. The summed E-state index contributed by atoms with van der Waals surface area (Å²) in [6.45, 7) is 0. The van der Waals surface area contributed by atoms with Gasteiger partial charge in [0.25, 0.3) is 0 Å². The van der Waals surface area contributed by atoms with Crippen molar-refractivity contribution in [2.24, 2.45) is 5.10 Å². The van der Waals surface area contributed by atoms with E-state index in [1.165, 1.54) is 0 Å². The topological polar surface area (TPSA) is 61.7 Å². The van der Waals surface area contributed by atoms with Crippen molar-refractivity contribution in [3.05, 3.63) is 29.3 Å². The van der Waals surface area contributed by atoms with Crippen molar-refractivity contribution >= 4 is 17.9 Å². The zero-order valence-electron chi connectivity index (χ0n) is 9.38. The van der Waals surface area contributed by atoms with Gasteiger partial charge in [0.15, 0.2) is 0 Å². The Balaban J connectivity index is 3.21. The van der Waals surface area contributed by atoms with Crippen LogP contribution in [0.5, 0.6) is 0 Å². The van der Waals surface area contributed by atoms with Crippen LogP contribution in [0.15, 0.2) is 23.3 Å². The number of carboxylic acid groups (broad SMARTS) is 1. The summed E-state index contributed by atoms with van der Waals surface area (Å²) in [6.07, 6.45) is -9.67. The Morgan fingerprint density at radius 1 is 1.05 bits per heavy atom. The molecule has 10 heteroatoms. The largest absolute Gasteiger partial charge is 0.477 e. The summed E-state index contributed by atoms with van der Waals surface area (Å²) in [6, 6.07) is 0.717. The first-order chi connectivity index (χ1) is 9.00. The lowest BCUT2D eigenvalue weighted by molar-refractivity contribution is -0.143. The molecule has 0 radical (unpaired) electrons. The highest BCUT2D eigenvalue weighted by atomic mass is 19.4. The third kappa shape index (κ3) is 4.44. The quantitative estimate of drug-likeness (QED) is 0.512. The van der Waals surface area contributed by atoms with E-state index in [9.17, 15) is 31.1 Å². The van der Waals surface area contributed by atoms with Gasteiger partial charge in [-0.25, -0.2) is 4.79 Å². The number of rotatable bonds is 3. The standard InChI is InChI=1S/C10H6F6N2O2/c11-9(12,13)5-1-6(10(14,15)16)3-7(2-5)18-17-4-8(19)20/h1-4,18H,(H,19,20)/b17-4+. The summed E-state index contributed by atoms with van der Waals surface area (Å²) in [4.78, 5) is 10.1. The number of carboxylic acids is 1. The maximum Gasteiger partial charge on any atom is 0.416 e. The molecule has 0 atom stereocenters. The van der Waals surface area contributed by atoms with E-state index in [0.29, 0.717) is 12.1 Å². The number of hydrazone groups is 1. The summed E-state index contributed by atoms with van der Waals surface area (Å²) in [5, 5.41) is 11.2. The third-order valence-corrected chi connectivity index (χ3v) is 1.96. The molecule has 0 unspecified atom stereocenters. The molecule has 4 nitrogen and oxygen atoms in total. The first-order valence-electron chi connectivity index (χ1n) is 4.81. The van der Waals surface area contributed by atoms with Crippen molar-refractivity contribution in [3.63, 3.8) is 0 Å². The Bertz CT molecular complexity index is 503. The molecule has 110 valence electrons. The van der Waals surface area contributed by atoms with E-state index in [1.54, 1.807) is 5.43 Å². The van der Waals surface area contributed by atoms with Crippen LogP contribution < -0.4 is 5.43 Å². The summed E-state index contributed by atoms with van der Waals surface area (Å²) in [5.74, 6) is -1.51. The Hall–Kier alpha value is -2.26. The fourth-order valence-electron chi connectivity index (χ4n) is 1.18. The van der Waals surface area contributed by atoms with Crippen LogP contribution in [-0.4, -0.2) is 17.3 Å². The van der Waals surface area contributed by atoms with E-state index in [1.807, 2.05) is 0 Å². The molecule has 0 aromatic heterocycles. The lowest BCUT2D eigenvalue weighted by Crippen LogP contribution is -2.11. The van der Waals surface area contributed by atoms with Crippen LogP contribution in [0.2, 0.25) is 0 Å². The third-order valence-electron chi connectivity index (χ3n) is 1.96. The molecule has 1 aromatic rings. The first-order valence-corrected chi connectivity index (χ1v) is 4.81. The van der Waals surface area contributed by atoms with Crippen LogP contribution >= 0.6 is 0 Å². The zero-order valence-corrected chi connectivity index (χ0v) is 9.38. The van der Waals surface area contributed by atoms with E-state index in [2.05, 4.69) is 5.10 Å². The number of aliphatic carboxylic acids is 1. The van der Waals surface area contributed by atoms with Gasteiger partial charge in [-0.05, 0) is 18.2 Å². The molecule has 0 amide bonds. The molecule has 0 aliphatic carbocycles. The van der Waals surface area contributed by atoms with Crippen LogP contribution in [0.4, 0.5) is 32.0 Å². The molecule has 0 aliphatic rings. The molecule has 0 spiro atoms. The molecule has 1 rings (SSSR count). The normalized spacial score (nSPS) is 12.7. The molecule has 20 heavy (non-hydrogen) atoms. The van der Waals surface area contributed by atoms with Gasteiger partial charge >= 0.3 is 18.3 Å². The van der Waals surface area contributed by atoms with Gasteiger partial charge in [-0.2, -0.15) is 31.4 Å². The molecule has 2 N–H and O–H groups in total. The van der Waals surface area contributed by atoms with Crippen molar-refractivity contribution in [2.45, 2.75) is 12.4 Å². The molecular weight excluding hydrogens is 294 g/mol. The number of carbonyl (C=O) groups is 1. The molecule has 0 saturated carbocycles. The maximum absolute atomic E-state index is 12.5. The fourth-order valence-corrected chi connectivity index (χ4v) is 1.18. The predicted octanol–water partition coefficient (Wildman–Crippen LogP) is 3.21. The van der Waals surface area contributed by atoms with E-state index in [-0.39, 0.29) is 12.3 Å². The lowest BCUT2D eigenvalue weighted by atomic mass is 10.1. The summed E-state index contributed by atoms with van der Waals surface area (Å²) in [5.41, 5.74) is -1.90. The molecule has 0 fully saturated rings. The number of benzene rings is 1. The van der Waals surface area contributed by atoms with E-state index >= 15 is 0 Å². The molecule has 0 saturated heterocycles. The van der Waals surface area contributed by atoms with Crippen LogP contribution in [0.1, 0.15) is 11.1 Å². The number of halogens is 6. The van der Waals surface area contributed by atoms with E-state index in [0.717, 1.165) is 0 Å². The second-order valence-corrected chi connectivity index (χ2v) is 3.50. The molecule has 0 bridgehead atoms. The van der Waals surface area contributed by atoms with Gasteiger partial charge in [-0.15, -0.1) is 0 Å². The minimum atomic E-state index is -4.98. The second-order valence-electron chi connectivity index (χ2n) is 3.50. The Kier molecular flexibility index (Phi) is 4.26. The van der Waals surface area contributed by atoms with Crippen LogP contribution in [0, 0.1) is 0 Å². The number of anilines is 1. The number of nitrogens with one attached hydrogen (secondary N) is 1. The smallest absolute Gasteiger partial charge is 0.416 e. The Labute approximate surface area is 107 Å². The van der Waals surface area contributed by atoms with Gasteiger partial charge in [0, 0.05) is 0 Å². The fraction of sp³-hybridized carbons (Fsp3) is 0.200. The summed E-state index contributed by atoms with van der Waals surface area (Å²) in [7, 11) is 0. The highest BCUT2D eigenvalue weighted by Gasteiger charge is 2.36. The Morgan fingerprint density at radius 3 is 1.85 bits per heavy atom. The van der Waals surface area contributed by atoms with Crippen LogP contribution in [-0.2, 0) is 17.1 Å². The summed E-state index contributed by atoms with van der Waals surface area (Å²) < 4.78 is 74.8. The van der Waals surface area contributed by atoms with Gasteiger partial charge in [0.1, 0.15) is 6.21 Å². The average Bonchev–Trinajstić information content (AvgIpc) is 2.25.